The van der Waals surface area contributed by atoms with Crippen LogP contribution in [-0.2, 0) is 0 Å². The Kier molecular flexibility index (Phi) is 1.31. The average Bonchev–Trinajstić information content (AvgIpc) is 2.13. The quantitative estimate of drug-likeness (QED) is 0.490. The smallest absolute Gasteiger partial charge is 0.343 e. The molecule has 0 spiro atoms. The van der Waals surface area contributed by atoms with Gasteiger partial charge < -0.3 is 5.73 Å². The van der Waals surface area contributed by atoms with Gasteiger partial charge in [-0.2, -0.15) is 0 Å². The number of amides is 1. The van der Waals surface area contributed by atoms with Crippen molar-refractivity contribution in [3.63, 3.8) is 0 Å². The fourth-order valence-corrected chi connectivity index (χ4v) is 0.462. The van der Waals surface area contributed by atoms with Gasteiger partial charge >= 0.3 is 6.03 Å². The molecule has 0 aliphatic carbocycles. The molecule has 0 saturated carbocycles. The van der Waals surface area contributed by atoms with Gasteiger partial charge in [-0.05, 0) is 22.0 Å². The third-order valence-electron chi connectivity index (χ3n) is 0.640. The zero-order valence-corrected chi connectivity index (χ0v) is 4.91. The number of nitrogens with zero attached hydrogens (tertiary/aromatic N) is 4. The highest BCUT2D eigenvalue weighted by atomic mass is 35.5. The predicted molar refractivity (Wildman–Crippen MR) is 27.8 cm³/mol. The highest BCUT2D eigenvalue weighted by molar-refractivity contribution is 6.29. The van der Waals surface area contributed by atoms with Crippen LogP contribution in [-0.4, -0.2) is 26.2 Å². The van der Waals surface area contributed by atoms with Gasteiger partial charge in [0.05, 0.1) is 0 Å². The molecule has 0 atom stereocenters. The largest absolute Gasteiger partial charge is 0.350 e. The zero-order valence-electron chi connectivity index (χ0n) is 4.15. The number of hydrogen-bond donors (Lipinski definition) is 1. The van der Waals surface area contributed by atoms with E-state index in [4.69, 9.17) is 17.3 Å². The molecule has 1 aromatic rings. The molecular weight excluding hydrogens is 146 g/mol. The van der Waals surface area contributed by atoms with Crippen LogP contribution in [0.15, 0.2) is 0 Å². The standard InChI is InChI=1S/C2H2ClN5O/c3-1-5-6-7-8(1)2(4)9/h(H2,4,9). The first-order valence-electron chi connectivity index (χ1n) is 1.95. The molecule has 0 aromatic carbocycles. The lowest BCUT2D eigenvalue weighted by Crippen LogP contribution is -2.20. The Labute approximate surface area is 54.6 Å². The van der Waals surface area contributed by atoms with Crippen molar-refractivity contribution in [1.82, 2.24) is 20.2 Å². The van der Waals surface area contributed by atoms with Crippen molar-refractivity contribution in [2.24, 2.45) is 5.73 Å². The van der Waals surface area contributed by atoms with E-state index in [1.54, 1.807) is 0 Å². The van der Waals surface area contributed by atoms with Gasteiger partial charge in [0.25, 0.3) is 5.28 Å². The molecule has 0 unspecified atom stereocenters. The van der Waals surface area contributed by atoms with Crippen LogP contribution in [0.2, 0.25) is 5.28 Å². The minimum atomic E-state index is -0.801. The second kappa shape index (κ2) is 1.98. The molecule has 0 aliphatic heterocycles. The maximum absolute atomic E-state index is 10.2. The molecule has 7 heteroatoms. The molecule has 1 amide bonds. The van der Waals surface area contributed by atoms with E-state index in [1.165, 1.54) is 0 Å². The van der Waals surface area contributed by atoms with Crippen LogP contribution in [0.3, 0.4) is 0 Å². The van der Waals surface area contributed by atoms with E-state index >= 15 is 0 Å². The van der Waals surface area contributed by atoms with Crippen molar-refractivity contribution in [3.05, 3.63) is 5.28 Å². The number of halogens is 1. The van der Waals surface area contributed by atoms with E-state index in [9.17, 15) is 4.79 Å². The van der Waals surface area contributed by atoms with Crippen molar-refractivity contribution in [2.45, 2.75) is 0 Å². The van der Waals surface area contributed by atoms with Crippen LogP contribution < -0.4 is 5.73 Å². The third-order valence-corrected chi connectivity index (χ3v) is 0.876. The monoisotopic (exact) mass is 147 g/mol. The minimum Gasteiger partial charge on any atom is -0.350 e. The summed E-state index contributed by atoms with van der Waals surface area (Å²) in [5.41, 5.74) is 4.76. The Morgan fingerprint density at radius 1 is 1.78 bits per heavy atom. The van der Waals surface area contributed by atoms with Crippen LogP contribution in [0.25, 0.3) is 0 Å². The van der Waals surface area contributed by atoms with Crippen LogP contribution in [0.1, 0.15) is 0 Å². The van der Waals surface area contributed by atoms with Crippen molar-refractivity contribution >= 4 is 17.6 Å². The molecule has 0 aliphatic rings. The summed E-state index contributed by atoms with van der Waals surface area (Å²) >= 11 is 5.26. The second-order valence-corrected chi connectivity index (χ2v) is 1.54. The number of tetrazole rings is 1. The summed E-state index contributed by atoms with van der Waals surface area (Å²) in [6.07, 6.45) is 0. The number of carbonyl (C=O) groups excluding carboxylic acids is 1. The predicted octanol–water partition coefficient (Wildman–Crippen LogP) is -0.747. The molecular formula is C2H2ClN5O. The topological polar surface area (TPSA) is 86.7 Å². The van der Waals surface area contributed by atoms with E-state index in [1.807, 2.05) is 0 Å². The Morgan fingerprint density at radius 2 is 2.44 bits per heavy atom. The summed E-state index contributed by atoms with van der Waals surface area (Å²) in [6, 6.07) is -0.801. The lowest BCUT2D eigenvalue weighted by atomic mass is 11.0. The van der Waals surface area contributed by atoms with Gasteiger partial charge in [-0.1, -0.05) is 5.10 Å². The normalized spacial score (nSPS) is 9.44. The maximum atomic E-state index is 10.2. The van der Waals surface area contributed by atoms with E-state index in [2.05, 4.69) is 15.5 Å². The molecule has 0 bridgehead atoms. The number of carbonyl (C=O) groups is 1. The van der Waals surface area contributed by atoms with Crippen LogP contribution in [0.4, 0.5) is 4.79 Å². The van der Waals surface area contributed by atoms with Gasteiger partial charge in [0.15, 0.2) is 0 Å². The Morgan fingerprint density at radius 3 is 2.67 bits per heavy atom. The van der Waals surface area contributed by atoms with E-state index in [0.29, 0.717) is 4.68 Å². The summed E-state index contributed by atoms with van der Waals surface area (Å²) in [5.74, 6) is 0. The molecule has 1 rings (SSSR count). The zero-order chi connectivity index (χ0) is 6.85. The molecule has 9 heavy (non-hydrogen) atoms. The third kappa shape index (κ3) is 0.968. The highest BCUT2D eigenvalue weighted by Crippen LogP contribution is 1.96. The number of hydrogen-bond acceptors (Lipinski definition) is 4. The van der Waals surface area contributed by atoms with Gasteiger partial charge in [-0.3, -0.25) is 0 Å². The summed E-state index contributed by atoms with van der Waals surface area (Å²) in [6.45, 7) is 0. The molecule has 6 nitrogen and oxygen atoms in total. The van der Waals surface area contributed by atoms with E-state index < -0.39 is 6.03 Å². The summed E-state index contributed by atoms with van der Waals surface area (Å²) in [4.78, 5) is 10.2. The first-order valence-corrected chi connectivity index (χ1v) is 2.33. The van der Waals surface area contributed by atoms with Crippen LogP contribution >= 0.6 is 11.6 Å². The molecule has 0 radical (unpaired) electrons. The average molecular weight is 148 g/mol. The Balaban J connectivity index is 3.08. The first kappa shape index (κ1) is 5.96. The van der Waals surface area contributed by atoms with Crippen LogP contribution in [0.5, 0.6) is 0 Å². The fourth-order valence-electron chi connectivity index (χ4n) is 0.311. The number of nitrogens with two attached hydrogens (primary N) is 1. The Hall–Kier alpha value is -1.17. The molecule has 1 heterocycles. The van der Waals surface area contributed by atoms with Crippen LogP contribution in [0, 0.1) is 0 Å². The lowest BCUT2D eigenvalue weighted by molar-refractivity contribution is 0.247. The van der Waals surface area contributed by atoms with Gasteiger partial charge in [0.1, 0.15) is 0 Å². The lowest BCUT2D eigenvalue weighted by Gasteiger charge is -1.87. The maximum Gasteiger partial charge on any atom is 0.343 e. The van der Waals surface area contributed by atoms with Crippen molar-refractivity contribution in [3.8, 4) is 0 Å². The molecule has 2 N–H and O–H groups in total. The summed E-state index contributed by atoms with van der Waals surface area (Å²) < 4.78 is 0.682. The van der Waals surface area contributed by atoms with Crippen molar-refractivity contribution in [1.29, 1.82) is 0 Å². The van der Waals surface area contributed by atoms with Gasteiger partial charge in [0.2, 0.25) is 0 Å². The molecule has 0 fully saturated rings. The fraction of sp³-hybridized carbons (Fsp3) is 0. The first-order chi connectivity index (χ1) is 4.22. The highest BCUT2D eigenvalue weighted by Gasteiger charge is 2.05. The van der Waals surface area contributed by atoms with E-state index in [0.717, 1.165) is 0 Å². The van der Waals surface area contributed by atoms with E-state index in [-0.39, 0.29) is 5.28 Å². The minimum absolute atomic E-state index is 0.137. The second-order valence-electron chi connectivity index (χ2n) is 1.20. The number of aromatic nitrogens is 4. The summed E-state index contributed by atoms with van der Waals surface area (Å²) in [5, 5.41) is 9.31. The molecule has 48 valence electrons. The van der Waals surface area contributed by atoms with Gasteiger partial charge in [0, 0.05) is 0 Å². The molecule has 1 aromatic heterocycles. The Bertz CT molecular complexity index is 231. The van der Waals surface area contributed by atoms with Crippen molar-refractivity contribution in [2.75, 3.05) is 0 Å². The van der Waals surface area contributed by atoms with Gasteiger partial charge in [-0.25, -0.2) is 4.79 Å². The van der Waals surface area contributed by atoms with Crippen molar-refractivity contribution < 1.29 is 4.79 Å². The number of rotatable bonds is 0. The SMILES string of the molecule is NC(=O)n1nnnc1Cl. The number of primary amides is 1. The summed E-state index contributed by atoms with van der Waals surface area (Å²) in [7, 11) is 0. The van der Waals surface area contributed by atoms with Gasteiger partial charge in [-0.15, -0.1) is 4.68 Å². The molecule has 0 saturated heterocycles.